The molecule has 1 aliphatic rings. The van der Waals surface area contributed by atoms with Gasteiger partial charge in [-0.05, 0) is 43.4 Å². The molecule has 0 radical (unpaired) electrons. The Hall–Kier alpha value is -1.62. The molecule has 2 unspecified atom stereocenters. The Bertz CT molecular complexity index is 451. The average Bonchev–Trinajstić information content (AvgIpc) is 2.75. The molecule has 1 amide bonds. The van der Waals surface area contributed by atoms with Crippen LogP contribution in [-0.2, 0) is 0 Å². The van der Waals surface area contributed by atoms with Gasteiger partial charge in [-0.3, -0.25) is 4.79 Å². The van der Waals surface area contributed by atoms with E-state index in [1.165, 1.54) is 18.2 Å². The van der Waals surface area contributed by atoms with Crippen LogP contribution >= 0.6 is 0 Å². The molecule has 98 valence electrons. The Balaban J connectivity index is 1.89. The first-order chi connectivity index (χ1) is 8.56. The van der Waals surface area contributed by atoms with Crippen LogP contribution in [0.1, 0.15) is 29.6 Å². The number of hydrogen-bond donors (Lipinski definition) is 3. The zero-order valence-electron chi connectivity index (χ0n) is 10.0. The Labute approximate surface area is 105 Å². The van der Waals surface area contributed by atoms with E-state index in [9.17, 15) is 14.3 Å². The summed E-state index contributed by atoms with van der Waals surface area (Å²) in [7, 11) is 0. The topological polar surface area (TPSA) is 75.4 Å². The smallest absolute Gasteiger partial charge is 0.251 e. The number of aliphatic hydroxyl groups is 1. The lowest BCUT2D eigenvalue weighted by Crippen LogP contribution is -2.28. The molecule has 1 saturated carbocycles. The van der Waals surface area contributed by atoms with Crippen LogP contribution in [0.15, 0.2) is 18.2 Å². The lowest BCUT2D eigenvalue weighted by molar-refractivity contribution is 0.0945. The molecule has 5 heteroatoms. The summed E-state index contributed by atoms with van der Waals surface area (Å²) in [6, 6.07) is 3.92. The van der Waals surface area contributed by atoms with Gasteiger partial charge in [0, 0.05) is 12.1 Å². The fourth-order valence-corrected chi connectivity index (χ4v) is 2.26. The maximum atomic E-state index is 13.0. The highest BCUT2D eigenvalue weighted by atomic mass is 19.1. The second kappa shape index (κ2) is 5.35. The summed E-state index contributed by atoms with van der Waals surface area (Å²) in [5.74, 6) is -0.463. The highest BCUT2D eigenvalue weighted by Crippen LogP contribution is 2.24. The first kappa shape index (κ1) is 12.8. The van der Waals surface area contributed by atoms with Gasteiger partial charge in [0.05, 0.1) is 11.8 Å². The molecule has 4 N–H and O–H groups in total. The summed E-state index contributed by atoms with van der Waals surface area (Å²) in [6.45, 7) is 0.535. The van der Waals surface area contributed by atoms with Crippen molar-refractivity contribution < 1.29 is 14.3 Å². The van der Waals surface area contributed by atoms with Gasteiger partial charge in [0.15, 0.2) is 0 Å². The number of benzene rings is 1. The van der Waals surface area contributed by atoms with E-state index in [-0.39, 0.29) is 17.7 Å². The maximum Gasteiger partial charge on any atom is 0.251 e. The number of halogens is 1. The maximum absolute atomic E-state index is 13.0. The number of carbonyl (C=O) groups excluding carboxylic acids is 1. The Kier molecular flexibility index (Phi) is 3.81. The molecule has 18 heavy (non-hydrogen) atoms. The molecule has 4 nitrogen and oxygen atoms in total. The Morgan fingerprint density at radius 2 is 2.28 bits per heavy atom. The Morgan fingerprint density at radius 3 is 2.89 bits per heavy atom. The van der Waals surface area contributed by atoms with Gasteiger partial charge in [-0.15, -0.1) is 0 Å². The number of anilines is 1. The fraction of sp³-hybridized carbons (Fsp3) is 0.462. The van der Waals surface area contributed by atoms with Gasteiger partial charge >= 0.3 is 0 Å². The minimum absolute atomic E-state index is 0.0288. The first-order valence-electron chi connectivity index (χ1n) is 6.07. The van der Waals surface area contributed by atoms with E-state index >= 15 is 0 Å². The van der Waals surface area contributed by atoms with Crippen LogP contribution < -0.4 is 11.1 Å². The van der Waals surface area contributed by atoms with Crippen LogP contribution in [0.25, 0.3) is 0 Å². The molecular formula is C13H17FN2O2. The largest absolute Gasteiger partial charge is 0.396 e. The monoisotopic (exact) mass is 252 g/mol. The summed E-state index contributed by atoms with van der Waals surface area (Å²) < 4.78 is 13.0. The van der Waals surface area contributed by atoms with Gasteiger partial charge in [0.2, 0.25) is 0 Å². The second-order valence-corrected chi connectivity index (χ2v) is 4.78. The summed E-state index contributed by atoms with van der Waals surface area (Å²) >= 11 is 0. The van der Waals surface area contributed by atoms with Gasteiger partial charge in [-0.25, -0.2) is 4.39 Å². The van der Waals surface area contributed by atoms with Crippen molar-refractivity contribution in [1.82, 2.24) is 5.32 Å². The zero-order chi connectivity index (χ0) is 13.1. The lowest BCUT2D eigenvalue weighted by atomic mass is 10.1. The number of nitrogens with one attached hydrogen (secondary N) is 1. The van der Waals surface area contributed by atoms with Gasteiger partial charge < -0.3 is 16.2 Å². The van der Waals surface area contributed by atoms with Crippen LogP contribution in [0, 0.1) is 11.7 Å². The average molecular weight is 252 g/mol. The van der Waals surface area contributed by atoms with E-state index in [1.807, 2.05) is 0 Å². The number of nitrogens with two attached hydrogens (primary N) is 1. The van der Waals surface area contributed by atoms with Gasteiger partial charge in [-0.2, -0.15) is 0 Å². The summed E-state index contributed by atoms with van der Waals surface area (Å²) in [5.41, 5.74) is 5.73. The van der Waals surface area contributed by atoms with E-state index in [1.54, 1.807) is 0 Å². The van der Waals surface area contributed by atoms with Crippen molar-refractivity contribution in [2.24, 2.45) is 5.92 Å². The van der Waals surface area contributed by atoms with Crippen molar-refractivity contribution in [2.75, 3.05) is 12.3 Å². The molecule has 2 rings (SSSR count). The number of carbonyl (C=O) groups is 1. The highest BCUT2D eigenvalue weighted by molar-refractivity contribution is 5.95. The van der Waals surface area contributed by atoms with E-state index in [0.717, 1.165) is 19.3 Å². The molecule has 0 bridgehead atoms. The quantitative estimate of drug-likeness (QED) is 0.710. The third-order valence-corrected chi connectivity index (χ3v) is 3.32. The number of rotatable bonds is 3. The number of aliphatic hydroxyl groups excluding tert-OH is 1. The van der Waals surface area contributed by atoms with Crippen molar-refractivity contribution in [3.8, 4) is 0 Å². The van der Waals surface area contributed by atoms with Gasteiger partial charge in [-0.1, -0.05) is 0 Å². The Morgan fingerprint density at radius 1 is 1.50 bits per heavy atom. The van der Waals surface area contributed by atoms with Crippen molar-refractivity contribution in [1.29, 1.82) is 0 Å². The molecule has 1 aromatic rings. The van der Waals surface area contributed by atoms with Crippen LogP contribution in [0.2, 0.25) is 0 Å². The first-order valence-corrected chi connectivity index (χ1v) is 6.07. The molecule has 1 aromatic carbocycles. The van der Waals surface area contributed by atoms with E-state index in [2.05, 4.69) is 5.32 Å². The number of amides is 1. The molecule has 1 fully saturated rings. The molecule has 0 heterocycles. The molecule has 0 aliphatic heterocycles. The van der Waals surface area contributed by atoms with Crippen LogP contribution in [0.3, 0.4) is 0 Å². The minimum Gasteiger partial charge on any atom is -0.396 e. The molecule has 2 atom stereocenters. The summed E-state index contributed by atoms with van der Waals surface area (Å²) in [4.78, 5) is 11.8. The standard InChI is InChI=1S/C13H17FN2O2/c14-11-4-2-9(6-12(11)15)13(18)16-7-8-1-3-10(17)5-8/h2,4,6,8,10,17H,1,3,5,7,15H2,(H,16,18). The van der Waals surface area contributed by atoms with Gasteiger partial charge in [0.25, 0.3) is 5.91 Å². The summed E-state index contributed by atoms with van der Waals surface area (Å²) in [5, 5.41) is 12.2. The number of hydrogen-bond acceptors (Lipinski definition) is 3. The predicted molar refractivity (Wildman–Crippen MR) is 66.5 cm³/mol. The van der Waals surface area contributed by atoms with Crippen LogP contribution in [0.4, 0.5) is 10.1 Å². The SMILES string of the molecule is Nc1cc(C(=O)NCC2CCC(O)C2)ccc1F. The molecule has 0 spiro atoms. The second-order valence-electron chi connectivity index (χ2n) is 4.78. The van der Waals surface area contributed by atoms with Crippen LogP contribution in [-0.4, -0.2) is 23.7 Å². The minimum atomic E-state index is -0.523. The molecule has 1 aliphatic carbocycles. The highest BCUT2D eigenvalue weighted by Gasteiger charge is 2.23. The van der Waals surface area contributed by atoms with Crippen molar-refractivity contribution in [3.63, 3.8) is 0 Å². The van der Waals surface area contributed by atoms with Crippen molar-refractivity contribution in [2.45, 2.75) is 25.4 Å². The van der Waals surface area contributed by atoms with E-state index in [0.29, 0.717) is 18.0 Å². The predicted octanol–water partition coefficient (Wildman–Crippen LogP) is 1.30. The van der Waals surface area contributed by atoms with E-state index in [4.69, 9.17) is 5.73 Å². The van der Waals surface area contributed by atoms with Gasteiger partial charge in [0.1, 0.15) is 5.82 Å². The fourth-order valence-electron chi connectivity index (χ4n) is 2.26. The molecule has 0 saturated heterocycles. The molecular weight excluding hydrogens is 235 g/mol. The lowest BCUT2D eigenvalue weighted by Gasteiger charge is -2.11. The third kappa shape index (κ3) is 2.98. The summed E-state index contributed by atoms with van der Waals surface area (Å²) in [6.07, 6.45) is 2.21. The van der Waals surface area contributed by atoms with Crippen LogP contribution in [0.5, 0.6) is 0 Å². The number of nitrogen functional groups attached to an aromatic ring is 1. The van der Waals surface area contributed by atoms with Crippen molar-refractivity contribution in [3.05, 3.63) is 29.6 Å². The van der Waals surface area contributed by atoms with E-state index < -0.39 is 5.82 Å². The molecule has 0 aromatic heterocycles. The third-order valence-electron chi connectivity index (χ3n) is 3.32. The van der Waals surface area contributed by atoms with Crippen molar-refractivity contribution >= 4 is 11.6 Å². The zero-order valence-corrected chi connectivity index (χ0v) is 10.0. The normalized spacial score (nSPS) is 23.0.